The molecule has 2 heterocycles. The van der Waals surface area contributed by atoms with E-state index in [1.54, 1.807) is 12.0 Å². The SMILES string of the molecule is COc1ccc(NC(=O)[C@H]2CC(=O)N(c3ccccc3)C2)c(-n2c(C)ccc2C)c1. The minimum Gasteiger partial charge on any atom is -0.497 e. The summed E-state index contributed by atoms with van der Waals surface area (Å²) >= 11 is 0. The largest absolute Gasteiger partial charge is 0.497 e. The third kappa shape index (κ3) is 3.68. The molecule has 6 nitrogen and oxygen atoms in total. The Hall–Kier alpha value is -3.54. The van der Waals surface area contributed by atoms with Crippen molar-refractivity contribution in [1.29, 1.82) is 0 Å². The first-order valence-electron chi connectivity index (χ1n) is 9.97. The fraction of sp³-hybridized carbons (Fsp3) is 0.250. The van der Waals surface area contributed by atoms with Gasteiger partial charge in [-0.05, 0) is 50.2 Å². The zero-order valence-electron chi connectivity index (χ0n) is 17.4. The fourth-order valence-electron chi connectivity index (χ4n) is 3.95. The highest BCUT2D eigenvalue weighted by Crippen LogP contribution is 2.31. The van der Waals surface area contributed by atoms with E-state index in [1.165, 1.54) is 0 Å². The molecule has 1 saturated heterocycles. The number of hydrogen-bond acceptors (Lipinski definition) is 3. The number of carbonyl (C=O) groups excluding carboxylic acids is 2. The number of para-hydroxylation sites is 1. The highest BCUT2D eigenvalue weighted by molar-refractivity contribution is 6.04. The standard InChI is InChI=1S/C24H25N3O3/c1-16-9-10-17(2)27(16)22-14-20(30-3)11-12-21(22)25-24(29)18-13-23(28)26(15-18)19-7-5-4-6-8-19/h4-12,14,18H,13,15H2,1-3H3,(H,25,29)/t18-/m0/s1. The molecule has 2 amide bonds. The molecule has 0 bridgehead atoms. The van der Waals surface area contributed by atoms with Crippen molar-refractivity contribution in [1.82, 2.24) is 4.57 Å². The van der Waals surface area contributed by atoms with Crippen LogP contribution in [-0.2, 0) is 9.59 Å². The van der Waals surface area contributed by atoms with E-state index in [-0.39, 0.29) is 18.2 Å². The number of benzene rings is 2. The molecule has 0 unspecified atom stereocenters. The second-order valence-electron chi connectivity index (χ2n) is 7.56. The van der Waals surface area contributed by atoms with Crippen molar-refractivity contribution in [3.8, 4) is 11.4 Å². The number of rotatable bonds is 5. The van der Waals surface area contributed by atoms with Gasteiger partial charge in [0.05, 0.1) is 24.4 Å². The summed E-state index contributed by atoms with van der Waals surface area (Å²) in [7, 11) is 1.62. The summed E-state index contributed by atoms with van der Waals surface area (Å²) in [5, 5.41) is 3.04. The van der Waals surface area contributed by atoms with Crippen molar-refractivity contribution < 1.29 is 14.3 Å². The quantitative estimate of drug-likeness (QED) is 0.698. The molecule has 0 radical (unpaired) electrons. The van der Waals surface area contributed by atoms with Gasteiger partial charge < -0.3 is 19.5 Å². The molecule has 4 rings (SSSR count). The van der Waals surface area contributed by atoms with Gasteiger partial charge in [0, 0.05) is 36.1 Å². The number of nitrogens with zero attached hydrogens (tertiary/aromatic N) is 2. The number of aromatic nitrogens is 1. The van der Waals surface area contributed by atoms with Gasteiger partial charge in [0.2, 0.25) is 11.8 Å². The van der Waals surface area contributed by atoms with E-state index in [9.17, 15) is 9.59 Å². The van der Waals surface area contributed by atoms with Crippen LogP contribution in [0.25, 0.3) is 5.69 Å². The van der Waals surface area contributed by atoms with Crippen LogP contribution in [0.2, 0.25) is 0 Å². The van der Waals surface area contributed by atoms with Gasteiger partial charge >= 0.3 is 0 Å². The highest BCUT2D eigenvalue weighted by Gasteiger charge is 2.35. The third-order valence-electron chi connectivity index (χ3n) is 5.54. The Labute approximate surface area is 176 Å². The van der Waals surface area contributed by atoms with Crippen LogP contribution in [0.15, 0.2) is 60.7 Å². The Morgan fingerprint density at radius 1 is 1.03 bits per heavy atom. The molecule has 1 aliphatic heterocycles. The Kier molecular flexibility index (Phi) is 5.31. The average molecular weight is 403 g/mol. The number of carbonyl (C=O) groups is 2. The van der Waals surface area contributed by atoms with E-state index < -0.39 is 5.92 Å². The van der Waals surface area contributed by atoms with E-state index in [2.05, 4.69) is 9.88 Å². The molecule has 1 atom stereocenters. The number of hydrogen-bond donors (Lipinski definition) is 1. The van der Waals surface area contributed by atoms with Crippen molar-refractivity contribution in [3.05, 3.63) is 72.1 Å². The molecular weight excluding hydrogens is 378 g/mol. The molecular formula is C24H25N3O3. The molecule has 1 aliphatic rings. The van der Waals surface area contributed by atoms with Crippen LogP contribution < -0.4 is 15.0 Å². The minimum atomic E-state index is -0.403. The molecule has 6 heteroatoms. The molecule has 1 N–H and O–H groups in total. The molecule has 2 aromatic carbocycles. The van der Waals surface area contributed by atoms with Crippen molar-refractivity contribution in [3.63, 3.8) is 0 Å². The molecule has 154 valence electrons. The van der Waals surface area contributed by atoms with Gasteiger partial charge in [-0.15, -0.1) is 0 Å². The Balaban J connectivity index is 1.59. The zero-order valence-corrected chi connectivity index (χ0v) is 17.4. The lowest BCUT2D eigenvalue weighted by Crippen LogP contribution is -2.28. The van der Waals surface area contributed by atoms with Crippen LogP contribution in [-0.4, -0.2) is 30.0 Å². The van der Waals surface area contributed by atoms with Crippen LogP contribution in [0, 0.1) is 19.8 Å². The molecule has 1 fully saturated rings. The van der Waals surface area contributed by atoms with Crippen molar-refractivity contribution >= 4 is 23.2 Å². The van der Waals surface area contributed by atoms with Gasteiger partial charge in [-0.2, -0.15) is 0 Å². The maximum absolute atomic E-state index is 13.1. The summed E-state index contributed by atoms with van der Waals surface area (Å²) in [6.45, 7) is 4.42. The van der Waals surface area contributed by atoms with Crippen LogP contribution >= 0.6 is 0 Å². The summed E-state index contributed by atoms with van der Waals surface area (Å²) < 4.78 is 7.47. The first-order valence-corrected chi connectivity index (χ1v) is 9.97. The summed E-state index contributed by atoms with van der Waals surface area (Å²) in [5.41, 5.74) is 4.47. The van der Waals surface area contributed by atoms with E-state index in [4.69, 9.17) is 4.74 Å². The maximum atomic E-state index is 13.1. The van der Waals surface area contributed by atoms with Crippen molar-refractivity contribution in [2.75, 3.05) is 23.9 Å². The third-order valence-corrected chi connectivity index (χ3v) is 5.54. The lowest BCUT2D eigenvalue weighted by Gasteiger charge is -2.19. The van der Waals surface area contributed by atoms with E-state index in [0.29, 0.717) is 18.0 Å². The minimum absolute atomic E-state index is 0.0339. The van der Waals surface area contributed by atoms with Crippen LogP contribution in [0.5, 0.6) is 5.75 Å². The fourth-order valence-corrected chi connectivity index (χ4v) is 3.95. The summed E-state index contributed by atoms with van der Waals surface area (Å²) in [6.07, 6.45) is 0.202. The van der Waals surface area contributed by atoms with Crippen LogP contribution in [0.4, 0.5) is 11.4 Å². The first-order chi connectivity index (χ1) is 14.5. The van der Waals surface area contributed by atoms with Crippen LogP contribution in [0.1, 0.15) is 17.8 Å². The van der Waals surface area contributed by atoms with Gasteiger partial charge in [-0.3, -0.25) is 9.59 Å². The van der Waals surface area contributed by atoms with E-state index in [1.807, 2.05) is 74.5 Å². The smallest absolute Gasteiger partial charge is 0.229 e. The summed E-state index contributed by atoms with van der Waals surface area (Å²) in [4.78, 5) is 27.2. The number of methoxy groups -OCH3 is 1. The first kappa shape index (κ1) is 19.8. The van der Waals surface area contributed by atoms with E-state index in [0.717, 1.165) is 22.8 Å². The number of anilines is 2. The van der Waals surface area contributed by atoms with Gasteiger partial charge in [0.25, 0.3) is 0 Å². The maximum Gasteiger partial charge on any atom is 0.229 e. The lowest BCUT2D eigenvalue weighted by molar-refractivity contribution is -0.122. The van der Waals surface area contributed by atoms with Gasteiger partial charge in [-0.1, -0.05) is 18.2 Å². The highest BCUT2D eigenvalue weighted by atomic mass is 16.5. The monoisotopic (exact) mass is 403 g/mol. The predicted octanol–water partition coefficient (Wildman–Crippen LogP) is 4.09. The molecule has 0 spiro atoms. The Morgan fingerprint density at radius 2 is 1.73 bits per heavy atom. The lowest BCUT2D eigenvalue weighted by atomic mass is 10.1. The van der Waals surface area contributed by atoms with Gasteiger partial charge in [0.1, 0.15) is 5.75 Å². The van der Waals surface area contributed by atoms with Gasteiger partial charge in [-0.25, -0.2) is 0 Å². The second kappa shape index (κ2) is 8.06. The normalized spacial score (nSPS) is 16.0. The molecule has 0 aliphatic carbocycles. The second-order valence-corrected chi connectivity index (χ2v) is 7.56. The molecule has 0 saturated carbocycles. The van der Waals surface area contributed by atoms with Crippen molar-refractivity contribution in [2.45, 2.75) is 20.3 Å². The summed E-state index contributed by atoms with van der Waals surface area (Å²) in [6, 6.07) is 19.1. The average Bonchev–Trinajstić information content (AvgIpc) is 3.31. The molecule has 30 heavy (non-hydrogen) atoms. The van der Waals surface area contributed by atoms with Crippen molar-refractivity contribution in [2.24, 2.45) is 5.92 Å². The van der Waals surface area contributed by atoms with E-state index >= 15 is 0 Å². The number of ether oxygens (including phenoxy) is 1. The summed E-state index contributed by atoms with van der Waals surface area (Å²) in [5.74, 6) is 0.116. The zero-order chi connectivity index (χ0) is 21.3. The van der Waals surface area contributed by atoms with Crippen LogP contribution in [0.3, 0.4) is 0 Å². The predicted molar refractivity (Wildman–Crippen MR) is 117 cm³/mol. The number of aryl methyl sites for hydroxylation is 2. The topological polar surface area (TPSA) is 63.6 Å². The number of amides is 2. The van der Waals surface area contributed by atoms with Gasteiger partial charge in [0.15, 0.2) is 0 Å². The Bertz CT molecular complexity index is 1070. The molecule has 1 aromatic heterocycles. The number of nitrogens with one attached hydrogen (secondary N) is 1. The Morgan fingerprint density at radius 3 is 2.40 bits per heavy atom. The molecule has 3 aromatic rings.